The SMILES string of the molecule is CNC(=O)c1ccc(CNC(C)COc2cc(C)cc3oc(=O)c4c(c23)CCC4)o1. The number of rotatable bonds is 7. The molecule has 1 atom stereocenters. The molecule has 0 bridgehead atoms. The highest BCUT2D eigenvalue weighted by atomic mass is 16.5. The van der Waals surface area contributed by atoms with E-state index in [1.54, 1.807) is 19.2 Å². The average Bonchev–Trinajstić information content (AvgIpc) is 3.39. The van der Waals surface area contributed by atoms with Crippen molar-refractivity contribution in [1.82, 2.24) is 10.6 Å². The van der Waals surface area contributed by atoms with Crippen molar-refractivity contribution < 1.29 is 18.4 Å². The maximum absolute atomic E-state index is 12.2. The van der Waals surface area contributed by atoms with Crippen molar-refractivity contribution in [2.24, 2.45) is 0 Å². The zero-order valence-electron chi connectivity index (χ0n) is 17.5. The number of amides is 1. The molecule has 0 fully saturated rings. The van der Waals surface area contributed by atoms with E-state index >= 15 is 0 Å². The van der Waals surface area contributed by atoms with Gasteiger partial charge in [-0.3, -0.25) is 4.79 Å². The first-order valence-electron chi connectivity index (χ1n) is 10.2. The third kappa shape index (κ3) is 3.98. The molecule has 1 aromatic carbocycles. The first-order valence-corrected chi connectivity index (χ1v) is 10.2. The Kier molecular flexibility index (Phi) is 5.63. The van der Waals surface area contributed by atoms with E-state index in [1.807, 2.05) is 26.0 Å². The van der Waals surface area contributed by atoms with Crippen molar-refractivity contribution >= 4 is 16.9 Å². The number of benzene rings is 1. The molecule has 158 valence electrons. The first-order chi connectivity index (χ1) is 14.5. The molecule has 7 nitrogen and oxygen atoms in total. The molecule has 1 aliphatic rings. The Labute approximate surface area is 174 Å². The fourth-order valence-corrected chi connectivity index (χ4v) is 3.89. The van der Waals surface area contributed by atoms with Crippen molar-refractivity contribution in [2.45, 2.75) is 45.7 Å². The largest absolute Gasteiger partial charge is 0.491 e. The summed E-state index contributed by atoms with van der Waals surface area (Å²) in [5.41, 5.74) is 3.20. The second kappa shape index (κ2) is 8.36. The van der Waals surface area contributed by atoms with E-state index in [-0.39, 0.29) is 17.6 Å². The Balaban J connectivity index is 1.46. The molecule has 2 N–H and O–H groups in total. The molecule has 1 aliphatic carbocycles. The van der Waals surface area contributed by atoms with Crippen LogP contribution in [0, 0.1) is 6.92 Å². The topological polar surface area (TPSA) is 93.7 Å². The molecule has 30 heavy (non-hydrogen) atoms. The van der Waals surface area contributed by atoms with Gasteiger partial charge in [0, 0.05) is 18.7 Å². The highest BCUT2D eigenvalue weighted by Gasteiger charge is 2.22. The van der Waals surface area contributed by atoms with Crippen LogP contribution in [0.15, 0.2) is 37.9 Å². The molecule has 0 saturated heterocycles. The average molecular weight is 410 g/mol. The molecule has 0 saturated carbocycles. The van der Waals surface area contributed by atoms with Crippen molar-refractivity contribution in [1.29, 1.82) is 0 Å². The van der Waals surface area contributed by atoms with Crippen molar-refractivity contribution in [3.05, 3.63) is 62.9 Å². The lowest BCUT2D eigenvalue weighted by atomic mass is 10.0. The van der Waals surface area contributed by atoms with Gasteiger partial charge in [0.1, 0.15) is 23.7 Å². The van der Waals surface area contributed by atoms with Crippen LogP contribution >= 0.6 is 0 Å². The maximum Gasteiger partial charge on any atom is 0.339 e. The highest BCUT2D eigenvalue weighted by molar-refractivity contribution is 5.91. The van der Waals surface area contributed by atoms with Crippen LogP contribution in [0.1, 0.15) is 46.3 Å². The fourth-order valence-electron chi connectivity index (χ4n) is 3.89. The summed E-state index contributed by atoms with van der Waals surface area (Å²) in [7, 11) is 1.57. The second-order valence-electron chi connectivity index (χ2n) is 7.77. The van der Waals surface area contributed by atoms with Crippen molar-refractivity contribution in [2.75, 3.05) is 13.7 Å². The third-order valence-corrected chi connectivity index (χ3v) is 5.41. The molecule has 4 rings (SSSR count). The van der Waals surface area contributed by atoms with Gasteiger partial charge in [-0.2, -0.15) is 0 Å². The van der Waals surface area contributed by atoms with Crippen LogP contribution in [0.4, 0.5) is 0 Å². The van der Waals surface area contributed by atoms with E-state index in [2.05, 4.69) is 10.6 Å². The van der Waals surface area contributed by atoms with Crippen LogP contribution in [-0.2, 0) is 19.4 Å². The summed E-state index contributed by atoms with van der Waals surface area (Å²) in [4.78, 5) is 23.8. The molecule has 0 aliphatic heterocycles. The van der Waals surface area contributed by atoms with Gasteiger partial charge >= 0.3 is 5.63 Å². The summed E-state index contributed by atoms with van der Waals surface area (Å²) in [5.74, 6) is 1.48. The van der Waals surface area contributed by atoms with E-state index in [0.717, 1.165) is 47.1 Å². The predicted octanol–water partition coefficient (Wildman–Crippen LogP) is 3.10. The minimum atomic E-state index is -0.247. The number of furan rings is 1. The number of ether oxygens (including phenoxy) is 1. The number of carbonyl (C=O) groups is 1. The minimum absolute atomic E-state index is 0.0397. The van der Waals surface area contributed by atoms with Crippen LogP contribution in [-0.4, -0.2) is 25.6 Å². The van der Waals surface area contributed by atoms with Gasteiger partial charge < -0.3 is 24.2 Å². The fraction of sp³-hybridized carbons (Fsp3) is 0.391. The van der Waals surface area contributed by atoms with Gasteiger partial charge in [0.15, 0.2) is 5.76 Å². The van der Waals surface area contributed by atoms with Crippen LogP contribution in [0.3, 0.4) is 0 Å². The number of hydrogen-bond donors (Lipinski definition) is 2. The number of aryl methyl sites for hydroxylation is 2. The standard InChI is InChI=1S/C23H26N2O5/c1-13-9-19(21-16-5-4-6-17(16)23(27)30-20(21)10-13)28-12-14(2)25-11-15-7-8-18(29-15)22(26)24-3/h7-10,14,25H,4-6,11-12H2,1-3H3,(H,24,26). The lowest BCUT2D eigenvalue weighted by molar-refractivity contribution is 0.0933. The first kappa shape index (κ1) is 20.2. The van der Waals surface area contributed by atoms with Gasteiger partial charge in [-0.15, -0.1) is 0 Å². The van der Waals surface area contributed by atoms with Gasteiger partial charge in [-0.1, -0.05) is 0 Å². The Morgan fingerprint density at radius 3 is 2.80 bits per heavy atom. The van der Waals surface area contributed by atoms with Crippen LogP contribution in [0.5, 0.6) is 5.75 Å². The normalized spacial score (nSPS) is 14.0. The van der Waals surface area contributed by atoms with Crippen LogP contribution in [0.2, 0.25) is 0 Å². The lowest BCUT2D eigenvalue weighted by Crippen LogP contribution is -2.31. The van der Waals surface area contributed by atoms with E-state index in [1.165, 1.54) is 0 Å². The van der Waals surface area contributed by atoms with Gasteiger partial charge in [0.25, 0.3) is 5.91 Å². The van der Waals surface area contributed by atoms with Gasteiger partial charge in [-0.05, 0) is 68.5 Å². The van der Waals surface area contributed by atoms with E-state index < -0.39 is 0 Å². The van der Waals surface area contributed by atoms with Crippen molar-refractivity contribution in [3.8, 4) is 5.75 Å². The zero-order chi connectivity index (χ0) is 21.3. The monoisotopic (exact) mass is 410 g/mol. The molecule has 1 amide bonds. The van der Waals surface area contributed by atoms with Gasteiger partial charge in [-0.25, -0.2) is 4.79 Å². The lowest BCUT2D eigenvalue weighted by Gasteiger charge is -2.17. The summed E-state index contributed by atoms with van der Waals surface area (Å²) in [5, 5.41) is 6.80. The number of carbonyl (C=O) groups excluding carboxylic acids is 1. The quantitative estimate of drug-likeness (QED) is 0.582. The number of fused-ring (bicyclic) bond motifs is 3. The Morgan fingerprint density at radius 1 is 1.20 bits per heavy atom. The summed E-state index contributed by atoms with van der Waals surface area (Å²) in [6, 6.07) is 7.37. The Bertz CT molecular complexity index is 1140. The smallest absolute Gasteiger partial charge is 0.339 e. The van der Waals surface area contributed by atoms with Crippen LogP contribution < -0.4 is 21.0 Å². The molecule has 3 aromatic rings. The molecular weight excluding hydrogens is 384 g/mol. The summed E-state index contributed by atoms with van der Waals surface area (Å²) in [6.07, 6.45) is 2.60. The Hall–Kier alpha value is -3.06. The molecule has 1 unspecified atom stereocenters. The number of nitrogens with one attached hydrogen (secondary N) is 2. The second-order valence-corrected chi connectivity index (χ2v) is 7.77. The number of hydrogen-bond acceptors (Lipinski definition) is 6. The molecule has 0 radical (unpaired) electrons. The van der Waals surface area contributed by atoms with Crippen LogP contribution in [0.25, 0.3) is 11.0 Å². The van der Waals surface area contributed by atoms with E-state index in [4.69, 9.17) is 13.6 Å². The molecule has 7 heteroatoms. The van der Waals surface area contributed by atoms with Crippen molar-refractivity contribution in [3.63, 3.8) is 0 Å². The highest BCUT2D eigenvalue weighted by Crippen LogP contribution is 2.35. The minimum Gasteiger partial charge on any atom is -0.491 e. The Morgan fingerprint density at radius 2 is 2.00 bits per heavy atom. The third-order valence-electron chi connectivity index (χ3n) is 5.41. The molecule has 2 heterocycles. The maximum atomic E-state index is 12.2. The summed E-state index contributed by atoms with van der Waals surface area (Å²) < 4.78 is 17.3. The van der Waals surface area contributed by atoms with Gasteiger partial charge in [0.2, 0.25) is 0 Å². The molecule has 2 aromatic heterocycles. The predicted molar refractivity (Wildman–Crippen MR) is 113 cm³/mol. The molecular formula is C23H26N2O5. The van der Waals surface area contributed by atoms with E-state index in [0.29, 0.717) is 30.3 Å². The van der Waals surface area contributed by atoms with Gasteiger partial charge in [0.05, 0.1) is 11.9 Å². The zero-order valence-corrected chi connectivity index (χ0v) is 17.5. The van der Waals surface area contributed by atoms with E-state index in [9.17, 15) is 9.59 Å². The summed E-state index contributed by atoms with van der Waals surface area (Å²) in [6.45, 7) is 4.91. The molecule has 0 spiro atoms. The summed E-state index contributed by atoms with van der Waals surface area (Å²) >= 11 is 0.